The van der Waals surface area contributed by atoms with E-state index in [1.165, 1.54) is 0 Å². The smallest absolute Gasteiger partial charge is 0.315 e. The Bertz CT molecular complexity index is 1240. The molecule has 1 aromatic heterocycles. The van der Waals surface area contributed by atoms with E-state index in [2.05, 4.69) is 27.4 Å². The summed E-state index contributed by atoms with van der Waals surface area (Å²) in [6.07, 6.45) is 4.67. The van der Waals surface area contributed by atoms with Crippen LogP contribution in [0.3, 0.4) is 0 Å². The van der Waals surface area contributed by atoms with Gasteiger partial charge in [0.25, 0.3) is 0 Å². The number of aromatic amines is 1. The molecule has 0 bridgehead atoms. The molecule has 2 aromatic carbocycles. The predicted octanol–water partition coefficient (Wildman–Crippen LogP) is 5.16. The van der Waals surface area contributed by atoms with Crippen LogP contribution in [0.15, 0.2) is 48.7 Å². The van der Waals surface area contributed by atoms with Gasteiger partial charge in [-0.15, -0.1) is 0 Å². The van der Waals surface area contributed by atoms with Gasteiger partial charge in [-0.05, 0) is 68.2 Å². The maximum Gasteiger partial charge on any atom is 0.315 e. The number of nitrogens with one attached hydrogen (secondary N) is 3. The Hall–Kier alpha value is -3.03. The highest BCUT2D eigenvalue weighted by Crippen LogP contribution is 2.35. The molecule has 7 nitrogen and oxygen atoms in total. The molecule has 2 unspecified atom stereocenters. The van der Waals surface area contributed by atoms with Crippen molar-refractivity contribution in [1.29, 1.82) is 0 Å². The van der Waals surface area contributed by atoms with Gasteiger partial charge < -0.3 is 25.4 Å². The number of urea groups is 1. The monoisotopic (exact) mass is 523 g/mol. The Balaban J connectivity index is 1.69. The molecule has 198 valence electrons. The van der Waals surface area contributed by atoms with E-state index in [-0.39, 0.29) is 23.8 Å². The number of amides is 3. The second-order valence-electron chi connectivity index (χ2n) is 10.4. The van der Waals surface area contributed by atoms with E-state index in [4.69, 9.17) is 11.6 Å². The number of anilines is 1. The lowest BCUT2D eigenvalue weighted by atomic mass is 9.88. The summed E-state index contributed by atoms with van der Waals surface area (Å²) in [7, 11) is 4.09. The summed E-state index contributed by atoms with van der Waals surface area (Å²) in [5, 5.41) is 7.66. The van der Waals surface area contributed by atoms with E-state index in [9.17, 15) is 9.59 Å². The molecule has 0 saturated heterocycles. The molecule has 3 amide bonds. The van der Waals surface area contributed by atoms with E-state index >= 15 is 0 Å². The van der Waals surface area contributed by atoms with Gasteiger partial charge in [-0.25, -0.2) is 4.79 Å². The highest BCUT2D eigenvalue weighted by molar-refractivity contribution is 6.30. The second kappa shape index (κ2) is 12.0. The van der Waals surface area contributed by atoms with Crippen LogP contribution in [0.5, 0.6) is 0 Å². The number of carbonyl (C=O) groups is 2. The summed E-state index contributed by atoms with van der Waals surface area (Å²) in [6, 6.07) is 12.7. The van der Waals surface area contributed by atoms with Crippen LogP contribution in [0.25, 0.3) is 10.9 Å². The standard InChI is InChI=1S/C29H38ClN5O2/c1-5-6-13-31-29(37)33-27(19(2)24-16-32-25-10-8-7-9-23(24)25)28(36)35-18-20(17-34(3)4)14-21-15-22(30)11-12-26(21)35/h7-12,15-16,19-20,27,32H,5-6,13-14,17-18H2,1-4H3,(H2,31,33,37)/t19?,20-,27?/m1/s1. The van der Waals surface area contributed by atoms with Gasteiger partial charge in [-0.1, -0.05) is 50.1 Å². The average molecular weight is 524 g/mol. The molecule has 0 spiro atoms. The molecule has 1 aliphatic heterocycles. The first-order chi connectivity index (χ1) is 17.8. The lowest BCUT2D eigenvalue weighted by Gasteiger charge is -2.38. The number of H-pyrrole nitrogens is 1. The molecule has 0 aliphatic carbocycles. The molecular formula is C29H38ClN5O2. The summed E-state index contributed by atoms with van der Waals surface area (Å²) in [5.74, 6) is -0.117. The number of halogens is 1. The summed E-state index contributed by atoms with van der Waals surface area (Å²) in [5.41, 5.74) is 3.94. The van der Waals surface area contributed by atoms with Crippen LogP contribution >= 0.6 is 11.6 Å². The van der Waals surface area contributed by atoms with Gasteiger partial charge in [0.05, 0.1) is 0 Å². The minimum absolute atomic E-state index is 0.115. The second-order valence-corrected chi connectivity index (χ2v) is 10.8. The van der Waals surface area contributed by atoms with Crippen LogP contribution in [0.4, 0.5) is 10.5 Å². The van der Waals surface area contributed by atoms with E-state index in [1.807, 2.05) is 74.6 Å². The zero-order valence-corrected chi connectivity index (χ0v) is 22.9. The molecule has 8 heteroatoms. The fourth-order valence-corrected chi connectivity index (χ4v) is 5.54. The highest BCUT2D eigenvalue weighted by atomic mass is 35.5. The molecule has 3 aromatic rings. The van der Waals surface area contributed by atoms with Crippen LogP contribution in [0.1, 0.15) is 43.7 Å². The molecule has 2 heterocycles. The Morgan fingerprint density at radius 2 is 2.00 bits per heavy atom. The topological polar surface area (TPSA) is 80.5 Å². The lowest BCUT2D eigenvalue weighted by molar-refractivity contribution is -0.121. The lowest BCUT2D eigenvalue weighted by Crippen LogP contribution is -2.55. The fourth-order valence-electron chi connectivity index (χ4n) is 5.35. The van der Waals surface area contributed by atoms with E-state index in [0.717, 1.165) is 53.5 Å². The summed E-state index contributed by atoms with van der Waals surface area (Å²) < 4.78 is 0. The third-order valence-corrected chi connectivity index (χ3v) is 7.39. The van der Waals surface area contributed by atoms with Gasteiger partial charge >= 0.3 is 6.03 Å². The van der Waals surface area contributed by atoms with Crippen molar-refractivity contribution < 1.29 is 9.59 Å². The van der Waals surface area contributed by atoms with E-state index in [1.54, 1.807) is 0 Å². The van der Waals surface area contributed by atoms with E-state index < -0.39 is 6.04 Å². The number of fused-ring (bicyclic) bond motifs is 2. The average Bonchev–Trinajstić information content (AvgIpc) is 3.30. The number of benzene rings is 2. The minimum Gasteiger partial charge on any atom is -0.361 e. The van der Waals surface area contributed by atoms with Crippen molar-refractivity contribution in [3.63, 3.8) is 0 Å². The molecule has 0 saturated carbocycles. The third kappa shape index (κ3) is 6.28. The van der Waals surface area contributed by atoms with Gasteiger partial charge in [-0.3, -0.25) is 4.79 Å². The van der Waals surface area contributed by atoms with Crippen molar-refractivity contribution in [2.45, 2.75) is 45.1 Å². The first-order valence-electron chi connectivity index (χ1n) is 13.1. The Kier molecular flexibility index (Phi) is 8.77. The number of carbonyl (C=O) groups excluding carboxylic acids is 2. The third-order valence-electron chi connectivity index (χ3n) is 7.15. The van der Waals surface area contributed by atoms with Gasteiger partial charge in [-0.2, -0.15) is 0 Å². The van der Waals surface area contributed by atoms with Crippen molar-refractivity contribution in [2.75, 3.05) is 38.6 Å². The number of hydrogen-bond acceptors (Lipinski definition) is 3. The number of rotatable bonds is 9. The van der Waals surface area contributed by atoms with Gasteiger partial charge in [0, 0.05) is 53.4 Å². The molecule has 0 radical (unpaired) electrons. The predicted molar refractivity (Wildman–Crippen MR) is 151 cm³/mol. The van der Waals surface area contributed by atoms with Crippen LogP contribution < -0.4 is 15.5 Å². The first kappa shape index (κ1) is 27.0. The van der Waals surface area contributed by atoms with Gasteiger partial charge in [0.2, 0.25) is 5.91 Å². The van der Waals surface area contributed by atoms with Crippen molar-refractivity contribution in [3.8, 4) is 0 Å². The summed E-state index contributed by atoms with van der Waals surface area (Å²) in [4.78, 5) is 34.6. The molecule has 4 rings (SSSR count). The Morgan fingerprint density at radius 3 is 2.76 bits per heavy atom. The van der Waals surface area contributed by atoms with Crippen molar-refractivity contribution in [3.05, 3.63) is 64.8 Å². The maximum atomic E-state index is 14.3. The molecule has 37 heavy (non-hydrogen) atoms. The van der Waals surface area contributed by atoms with Crippen LogP contribution in [0.2, 0.25) is 5.02 Å². The highest BCUT2D eigenvalue weighted by Gasteiger charge is 2.37. The summed E-state index contributed by atoms with van der Waals surface area (Å²) >= 11 is 6.34. The molecule has 3 atom stereocenters. The minimum atomic E-state index is -0.748. The quantitative estimate of drug-likeness (QED) is 0.339. The summed E-state index contributed by atoms with van der Waals surface area (Å²) in [6.45, 7) is 6.09. The van der Waals surface area contributed by atoms with Crippen LogP contribution in [-0.2, 0) is 11.2 Å². The maximum absolute atomic E-state index is 14.3. The normalized spacial score (nSPS) is 16.9. The number of unbranched alkanes of at least 4 members (excludes halogenated alkanes) is 1. The zero-order valence-electron chi connectivity index (χ0n) is 22.2. The largest absolute Gasteiger partial charge is 0.361 e. The van der Waals surface area contributed by atoms with Gasteiger partial charge in [0.15, 0.2) is 0 Å². The fraction of sp³-hybridized carbons (Fsp3) is 0.448. The van der Waals surface area contributed by atoms with Crippen LogP contribution in [-0.4, -0.2) is 61.6 Å². The Labute approximate surface area is 224 Å². The Morgan fingerprint density at radius 1 is 1.22 bits per heavy atom. The van der Waals surface area contributed by atoms with E-state index in [0.29, 0.717) is 18.1 Å². The molecular weight excluding hydrogens is 486 g/mol. The molecule has 1 aliphatic rings. The van der Waals surface area contributed by atoms with Crippen molar-refractivity contribution in [1.82, 2.24) is 20.5 Å². The molecule has 0 fully saturated rings. The number of nitrogens with zero attached hydrogens (tertiary/aromatic N) is 2. The van der Waals surface area contributed by atoms with Crippen molar-refractivity contribution >= 4 is 40.1 Å². The first-order valence-corrected chi connectivity index (χ1v) is 13.5. The molecule has 3 N–H and O–H groups in total. The number of hydrogen-bond donors (Lipinski definition) is 3. The number of aromatic nitrogens is 1. The van der Waals surface area contributed by atoms with Gasteiger partial charge in [0.1, 0.15) is 6.04 Å². The SMILES string of the molecule is CCCCNC(=O)NC(C(=O)N1C[C@@H](CN(C)C)Cc2cc(Cl)ccc21)C(C)c1c[nH]c2ccccc12. The van der Waals surface area contributed by atoms with Crippen molar-refractivity contribution in [2.24, 2.45) is 5.92 Å². The van der Waals surface area contributed by atoms with Crippen LogP contribution in [0, 0.1) is 5.92 Å². The number of para-hydroxylation sites is 1. The zero-order chi connectivity index (χ0) is 26.5.